The van der Waals surface area contributed by atoms with Crippen molar-refractivity contribution in [2.24, 2.45) is 0 Å². The van der Waals surface area contributed by atoms with E-state index in [2.05, 4.69) is 23.4 Å². The number of rotatable bonds is 5. The molecule has 1 heterocycles. The van der Waals surface area contributed by atoms with Gasteiger partial charge in [-0.2, -0.15) is 0 Å². The Kier molecular flexibility index (Phi) is 4.71. The minimum atomic E-state index is -0.795. The molecule has 0 amide bonds. The average Bonchev–Trinajstić information content (AvgIpc) is 3.08. The Balaban J connectivity index is 2.12. The van der Waals surface area contributed by atoms with Crippen molar-refractivity contribution in [3.63, 3.8) is 0 Å². The van der Waals surface area contributed by atoms with Crippen molar-refractivity contribution in [2.45, 2.75) is 6.92 Å². The summed E-state index contributed by atoms with van der Waals surface area (Å²) in [7, 11) is 0. The van der Waals surface area contributed by atoms with E-state index in [1.54, 1.807) is 24.3 Å². The topological polar surface area (TPSA) is 104 Å². The number of nitrogens with zero attached hydrogens (tertiary/aromatic N) is 3. The molecular formula is C19H15N3O5. The predicted octanol–water partition coefficient (Wildman–Crippen LogP) is 2.70. The number of esters is 2. The van der Waals surface area contributed by atoms with E-state index in [0.717, 1.165) is 6.08 Å². The lowest BCUT2D eigenvalue weighted by atomic mass is 10.2. The summed E-state index contributed by atoms with van der Waals surface area (Å²) in [5, 5.41) is 19.2. The van der Waals surface area contributed by atoms with Crippen LogP contribution in [0.25, 0.3) is 16.7 Å². The molecule has 0 bridgehead atoms. The maximum absolute atomic E-state index is 11.9. The van der Waals surface area contributed by atoms with Crippen molar-refractivity contribution < 1.29 is 24.2 Å². The van der Waals surface area contributed by atoms with Crippen molar-refractivity contribution in [1.82, 2.24) is 15.0 Å². The third-order valence-corrected chi connectivity index (χ3v) is 3.50. The number of ether oxygens (including phenoxy) is 2. The van der Waals surface area contributed by atoms with E-state index >= 15 is 0 Å². The first kappa shape index (κ1) is 17.9. The Morgan fingerprint density at radius 2 is 1.74 bits per heavy atom. The average molecular weight is 365 g/mol. The van der Waals surface area contributed by atoms with Gasteiger partial charge in [0.15, 0.2) is 11.5 Å². The van der Waals surface area contributed by atoms with Crippen molar-refractivity contribution in [2.75, 3.05) is 0 Å². The highest BCUT2D eigenvalue weighted by atomic mass is 16.6. The highest BCUT2D eigenvalue weighted by Gasteiger charge is 2.22. The molecule has 0 aliphatic rings. The van der Waals surface area contributed by atoms with Gasteiger partial charge in [-0.1, -0.05) is 25.3 Å². The van der Waals surface area contributed by atoms with Crippen molar-refractivity contribution in [3.8, 4) is 22.9 Å². The highest BCUT2D eigenvalue weighted by molar-refractivity contribution is 5.90. The highest BCUT2D eigenvalue weighted by Crippen LogP contribution is 2.41. The van der Waals surface area contributed by atoms with Crippen LogP contribution in [0.2, 0.25) is 0 Å². The second-order valence-electron chi connectivity index (χ2n) is 5.53. The fraction of sp³-hybridized carbons (Fsp3) is 0.0526. The van der Waals surface area contributed by atoms with Crippen LogP contribution in [-0.2, 0) is 9.59 Å². The lowest BCUT2D eigenvalue weighted by Gasteiger charge is -2.13. The molecule has 8 heteroatoms. The van der Waals surface area contributed by atoms with Gasteiger partial charge in [0.2, 0.25) is 5.75 Å². The van der Waals surface area contributed by atoms with Crippen LogP contribution in [0.5, 0.6) is 17.2 Å². The first-order valence-electron chi connectivity index (χ1n) is 7.81. The molecule has 1 N–H and O–H groups in total. The summed E-state index contributed by atoms with van der Waals surface area (Å²) in [4.78, 5) is 24.6. The molecule has 27 heavy (non-hydrogen) atoms. The fourth-order valence-corrected chi connectivity index (χ4v) is 2.18. The summed E-state index contributed by atoms with van der Waals surface area (Å²) < 4.78 is 10.2. The van der Waals surface area contributed by atoms with Gasteiger partial charge < -0.3 is 14.6 Å². The summed E-state index contributed by atoms with van der Waals surface area (Å²) >= 11 is 0. The normalized spacial score (nSPS) is 10.4. The number of carbonyl (C=O) groups is 2. The molecule has 3 aromatic rings. The van der Waals surface area contributed by atoms with Gasteiger partial charge in [-0.05, 0) is 31.2 Å². The summed E-state index contributed by atoms with van der Waals surface area (Å²) in [6.45, 7) is 8.24. The van der Waals surface area contributed by atoms with E-state index in [1.165, 1.54) is 23.9 Å². The summed E-state index contributed by atoms with van der Waals surface area (Å²) in [6, 6.07) is 9.91. The predicted molar refractivity (Wildman–Crippen MR) is 96.8 cm³/mol. The second kappa shape index (κ2) is 7.12. The number of carbonyl (C=O) groups excluding carboxylic acids is 2. The van der Waals surface area contributed by atoms with E-state index in [1.807, 2.05) is 0 Å². The van der Waals surface area contributed by atoms with Gasteiger partial charge in [-0.15, -0.1) is 15.0 Å². The van der Waals surface area contributed by atoms with E-state index < -0.39 is 17.7 Å². The number of phenolic OH excluding ortho intramolecular Hbond substituents is 1. The quantitative estimate of drug-likeness (QED) is 0.421. The molecule has 8 nitrogen and oxygen atoms in total. The SMILES string of the molecule is C=CC(=O)Oc1ccc(-n2nc3ccccc3n2)c(O)c1OC(=O)C(=C)C. The number of aromatic hydroxyl groups is 1. The molecule has 1 aromatic heterocycles. The lowest BCUT2D eigenvalue weighted by molar-refractivity contribution is -0.132. The third-order valence-electron chi connectivity index (χ3n) is 3.50. The van der Waals surface area contributed by atoms with Gasteiger partial charge in [0.1, 0.15) is 16.7 Å². The smallest absolute Gasteiger partial charge is 0.338 e. The van der Waals surface area contributed by atoms with Crippen LogP contribution in [0.4, 0.5) is 0 Å². The van der Waals surface area contributed by atoms with Crippen LogP contribution in [0.1, 0.15) is 6.92 Å². The van der Waals surface area contributed by atoms with Crippen molar-refractivity contribution in [3.05, 3.63) is 61.2 Å². The first-order chi connectivity index (χ1) is 12.9. The number of hydrogen-bond donors (Lipinski definition) is 1. The van der Waals surface area contributed by atoms with Crippen LogP contribution in [0, 0.1) is 0 Å². The minimum Gasteiger partial charge on any atom is -0.503 e. The molecule has 3 rings (SSSR count). The lowest BCUT2D eigenvalue weighted by Crippen LogP contribution is -2.12. The molecule has 0 unspecified atom stereocenters. The van der Waals surface area contributed by atoms with Gasteiger partial charge in [0.05, 0.1) is 0 Å². The summed E-state index contributed by atoms with van der Waals surface area (Å²) in [6.07, 6.45) is 0.942. The largest absolute Gasteiger partial charge is 0.503 e. The van der Waals surface area contributed by atoms with Gasteiger partial charge >= 0.3 is 11.9 Å². The molecule has 0 atom stereocenters. The zero-order valence-corrected chi connectivity index (χ0v) is 14.4. The molecule has 0 saturated carbocycles. The Labute approximate surface area is 153 Å². The molecule has 0 spiro atoms. The van der Waals surface area contributed by atoms with Gasteiger partial charge in [-0.3, -0.25) is 0 Å². The molecule has 2 aromatic carbocycles. The Hall–Kier alpha value is -3.94. The molecule has 0 fully saturated rings. The van der Waals surface area contributed by atoms with Crippen molar-refractivity contribution in [1.29, 1.82) is 0 Å². The number of aromatic nitrogens is 3. The molecule has 0 aliphatic carbocycles. The van der Waals surface area contributed by atoms with Crippen LogP contribution >= 0.6 is 0 Å². The summed E-state index contributed by atoms with van der Waals surface area (Å²) in [5.74, 6) is -2.56. The first-order valence-corrected chi connectivity index (χ1v) is 7.81. The third kappa shape index (κ3) is 3.54. The molecule has 136 valence electrons. The second-order valence-corrected chi connectivity index (χ2v) is 5.53. The number of benzene rings is 2. The van der Waals surface area contributed by atoms with E-state index in [0.29, 0.717) is 11.0 Å². The zero-order valence-electron chi connectivity index (χ0n) is 14.4. The van der Waals surface area contributed by atoms with Crippen LogP contribution < -0.4 is 9.47 Å². The minimum absolute atomic E-state index is 0.101. The van der Waals surface area contributed by atoms with Gasteiger partial charge in [0, 0.05) is 11.6 Å². The van der Waals surface area contributed by atoms with Gasteiger partial charge in [-0.25, -0.2) is 9.59 Å². The maximum atomic E-state index is 11.9. The van der Waals surface area contributed by atoms with Crippen LogP contribution in [0.15, 0.2) is 61.2 Å². The molecule has 0 radical (unpaired) electrons. The van der Waals surface area contributed by atoms with Crippen LogP contribution in [-0.4, -0.2) is 32.0 Å². The molecule has 0 saturated heterocycles. The van der Waals surface area contributed by atoms with E-state index in [4.69, 9.17) is 9.47 Å². The Morgan fingerprint density at radius 3 is 2.30 bits per heavy atom. The molecule has 0 aliphatic heterocycles. The standard InChI is InChI=1S/C19H15N3O5/c1-4-16(23)26-15-10-9-14(17(24)18(15)27-19(25)11(2)3)22-20-12-7-5-6-8-13(12)21-22/h4-10,24H,1-2H2,3H3. The fourth-order valence-electron chi connectivity index (χ4n) is 2.18. The number of fused-ring (bicyclic) bond motifs is 1. The number of phenols is 1. The van der Waals surface area contributed by atoms with Crippen molar-refractivity contribution >= 4 is 23.0 Å². The van der Waals surface area contributed by atoms with Gasteiger partial charge in [0.25, 0.3) is 0 Å². The zero-order chi connectivity index (χ0) is 19.6. The summed E-state index contributed by atoms with van der Waals surface area (Å²) in [5.41, 5.74) is 1.46. The monoisotopic (exact) mass is 365 g/mol. The van der Waals surface area contributed by atoms with Crippen LogP contribution in [0.3, 0.4) is 0 Å². The Bertz CT molecular complexity index is 1050. The van der Waals surface area contributed by atoms with E-state index in [9.17, 15) is 14.7 Å². The Morgan fingerprint density at radius 1 is 1.11 bits per heavy atom. The maximum Gasteiger partial charge on any atom is 0.338 e. The van der Waals surface area contributed by atoms with E-state index in [-0.39, 0.29) is 22.8 Å². The molecular weight excluding hydrogens is 350 g/mol. The number of hydrogen-bond acceptors (Lipinski definition) is 7.